The van der Waals surface area contributed by atoms with E-state index in [4.69, 9.17) is 4.74 Å². The van der Waals surface area contributed by atoms with Gasteiger partial charge >= 0.3 is 0 Å². The molecule has 3 aromatic rings. The molecule has 112 valence electrons. The predicted octanol–water partition coefficient (Wildman–Crippen LogP) is 3.46. The van der Waals surface area contributed by atoms with Crippen molar-refractivity contribution in [1.82, 2.24) is 15.0 Å². The van der Waals surface area contributed by atoms with Crippen LogP contribution in [0.1, 0.15) is 30.1 Å². The Kier molecular flexibility index (Phi) is 3.18. The third kappa shape index (κ3) is 2.62. The lowest BCUT2D eigenvalue weighted by molar-refractivity contribution is 0.415. The van der Waals surface area contributed by atoms with Gasteiger partial charge < -0.3 is 15.0 Å². The number of aromatic amines is 1. The van der Waals surface area contributed by atoms with E-state index >= 15 is 0 Å². The predicted molar refractivity (Wildman–Crippen MR) is 86.2 cm³/mol. The summed E-state index contributed by atoms with van der Waals surface area (Å²) in [5.41, 5.74) is 3.38. The fourth-order valence-electron chi connectivity index (χ4n) is 2.65. The first kappa shape index (κ1) is 13.1. The Morgan fingerprint density at radius 3 is 2.95 bits per heavy atom. The van der Waals surface area contributed by atoms with E-state index in [1.807, 2.05) is 18.2 Å². The van der Waals surface area contributed by atoms with E-state index < -0.39 is 0 Å². The molecule has 1 saturated carbocycles. The standard InChI is InChI=1S/C17H18N4O/c1-22-14-4-5-15-12(7-14)6-13(21-15)9-18-17-8-16(11-2-3-11)19-10-20-17/h4-8,10-11,21H,2-3,9H2,1H3,(H,18,19,20). The second-order valence-electron chi connectivity index (χ2n) is 5.70. The first-order chi connectivity index (χ1) is 10.8. The molecule has 0 bridgehead atoms. The Morgan fingerprint density at radius 2 is 2.14 bits per heavy atom. The van der Waals surface area contributed by atoms with Gasteiger partial charge in [-0.15, -0.1) is 0 Å². The van der Waals surface area contributed by atoms with Crippen LogP contribution in [-0.2, 0) is 6.54 Å². The summed E-state index contributed by atoms with van der Waals surface area (Å²) >= 11 is 0. The van der Waals surface area contributed by atoms with Crippen LogP contribution in [0.5, 0.6) is 5.75 Å². The van der Waals surface area contributed by atoms with Crippen LogP contribution in [0.2, 0.25) is 0 Å². The molecule has 1 aliphatic carbocycles. The Labute approximate surface area is 128 Å². The Bertz CT molecular complexity index is 807. The number of H-pyrrole nitrogens is 1. The van der Waals surface area contributed by atoms with E-state index in [-0.39, 0.29) is 0 Å². The first-order valence-electron chi connectivity index (χ1n) is 7.53. The highest BCUT2D eigenvalue weighted by Crippen LogP contribution is 2.39. The summed E-state index contributed by atoms with van der Waals surface area (Å²) in [7, 11) is 1.68. The molecule has 2 aromatic heterocycles. The molecule has 0 radical (unpaired) electrons. The average Bonchev–Trinajstić information content (AvgIpc) is 3.32. The van der Waals surface area contributed by atoms with Crippen LogP contribution in [0, 0.1) is 0 Å². The molecule has 2 heterocycles. The molecule has 0 unspecified atom stereocenters. The quantitative estimate of drug-likeness (QED) is 0.756. The number of ether oxygens (including phenoxy) is 1. The van der Waals surface area contributed by atoms with Crippen LogP contribution in [0.4, 0.5) is 5.82 Å². The van der Waals surface area contributed by atoms with Crippen molar-refractivity contribution in [1.29, 1.82) is 0 Å². The zero-order chi connectivity index (χ0) is 14.9. The molecule has 4 rings (SSSR count). The highest BCUT2D eigenvalue weighted by molar-refractivity contribution is 5.82. The number of hydrogen-bond donors (Lipinski definition) is 2. The minimum Gasteiger partial charge on any atom is -0.497 e. The number of methoxy groups -OCH3 is 1. The summed E-state index contributed by atoms with van der Waals surface area (Å²) in [5.74, 6) is 2.40. The largest absolute Gasteiger partial charge is 0.497 e. The molecular formula is C17H18N4O. The maximum atomic E-state index is 5.26. The number of rotatable bonds is 5. The van der Waals surface area contributed by atoms with Gasteiger partial charge in [-0.05, 0) is 37.1 Å². The van der Waals surface area contributed by atoms with Gasteiger partial charge in [0.2, 0.25) is 0 Å². The lowest BCUT2D eigenvalue weighted by Crippen LogP contribution is -2.02. The van der Waals surface area contributed by atoms with Crippen LogP contribution >= 0.6 is 0 Å². The van der Waals surface area contributed by atoms with Gasteiger partial charge in [-0.3, -0.25) is 0 Å². The van der Waals surface area contributed by atoms with E-state index in [2.05, 4.69) is 32.4 Å². The van der Waals surface area contributed by atoms with Gasteiger partial charge in [-0.2, -0.15) is 0 Å². The van der Waals surface area contributed by atoms with Crippen molar-refractivity contribution in [3.05, 3.63) is 48.0 Å². The number of benzene rings is 1. The maximum absolute atomic E-state index is 5.26. The lowest BCUT2D eigenvalue weighted by atomic mass is 10.2. The molecule has 2 N–H and O–H groups in total. The number of hydrogen-bond acceptors (Lipinski definition) is 4. The van der Waals surface area contributed by atoms with Gasteiger partial charge in [-0.25, -0.2) is 9.97 Å². The molecule has 1 fully saturated rings. The fourth-order valence-corrected chi connectivity index (χ4v) is 2.65. The van der Waals surface area contributed by atoms with Crippen molar-refractivity contribution < 1.29 is 4.74 Å². The Hall–Kier alpha value is -2.56. The van der Waals surface area contributed by atoms with Gasteiger partial charge in [0.1, 0.15) is 17.9 Å². The number of fused-ring (bicyclic) bond motifs is 1. The van der Waals surface area contributed by atoms with E-state index in [1.165, 1.54) is 12.8 Å². The molecule has 5 nitrogen and oxygen atoms in total. The van der Waals surface area contributed by atoms with Crippen molar-refractivity contribution in [2.24, 2.45) is 0 Å². The topological polar surface area (TPSA) is 62.8 Å². The van der Waals surface area contributed by atoms with Gasteiger partial charge in [0.15, 0.2) is 0 Å². The maximum Gasteiger partial charge on any atom is 0.129 e. The second-order valence-corrected chi connectivity index (χ2v) is 5.70. The average molecular weight is 294 g/mol. The van der Waals surface area contributed by atoms with Crippen LogP contribution in [0.15, 0.2) is 36.7 Å². The third-order valence-corrected chi connectivity index (χ3v) is 4.03. The fraction of sp³-hybridized carbons (Fsp3) is 0.294. The molecule has 0 aliphatic heterocycles. The van der Waals surface area contributed by atoms with E-state index in [1.54, 1.807) is 13.4 Å². The Morgan fingerprint density at radius 1 is 1.23 bits per heavy atom. The van der Waals surface area contributed by atoms with Crippen LogP contribution in [0.25, 0.3) is 10.9 Å². The summed E-state index contributed by atoms with van der Waals surface area (Å²) < 4.78 is 5.26. The summed E-state index contributed by atoms with van der Waals surface area (Å²) in [6.45, 7) is 0.706. The van der Waals surface area contributed by atoms with Gasteiger partial charge in [-0.1, -0.05) is 0 Å². The highest BCUT2D eigenvalue weighted by atomic mass is 16.5. The molecule has 1 aromatic carbocycles. The van der Waals surface area contributed by atoms with Crippen molar-refractivity contribution in [2.75, 3.05) is 12.4 Å². The van der Waals surface area contributed by atoms with Crippen LogP contribution < -0.4 is 10.1 Å². The summed E-state index contributed by atoms with van der Waals surface area (Å²) in [6, 6.07) is 10.2. The summed E-state index contributed by atoms with van der Waals surface area (Å²) in [5, 5.41) is 4.51. The monoisotopic (exact) mass is 294 g/mol. The normalized spacial score (nSPS) is 14.2. The number of nitrogens with zero attached hydrogens (tertiary/aromatic N) is 2. The molecule has 1 aliphatic rings. The van der Waals surface area contributed by atoms with Crippen LogP contribution in [-0.4, -0.2) is 22.1 Å². The summed E-state index contributed by atoms with van der Waals surface area (Å²) in [4.78, 5) is 12.0. The molecule has 5 heteroatoms. The van der Waals surface area contributed by atoms with Crippen LogP contribution in [0.3, 0.4) is 0 Å². The minimum atomic E-state index is 0.643. The highest BCUT2D eigenvalue weighted by Gasteiger charge is 2.25. The second kappa shape index (κ2) is 5.33. The number of aromatic nitrogens is 3. The number of nitrogens with one attached hydrogen (secondary N) is 2. The molecule has 22 heavy (non-hydrogen) atoms. The van der Waals surface area contributed by atoms with Gasteiger partial charge in [0.05, 0.1) is 13.7 Å². The number of anilines is 1. The van der Waals surface area contributed by atoms with Gasteiger partial charge in [0.25, 0.3) is 0 Å². The minimum absolute atomic E-state index is 0.643. The molecule has 0 spiro atoms. The SMILES string of the molecule is COc1ccc2[nH]c(CNc3cc(C4CC4)ncn3)cc2c1. The zero-order valence-electron chi connectivity index (χ0n) is 12.5. The smallest absolute Gasteiger partial charge is 0.129 e. The van der Waals surface area contributed by atoms with Crippen molar-refractivity contribution in [2.45, 2.75) is 25.3 Å². The lowest BCUT2D eigenvalue weighted by Gasteiger charge is -2.05. The van der Waals surface area contributed by atoms with Crippen molar-refractivity contribution >= 4 is 16.7 Å². The van der Waals surface area contributed by atoms with E-state index in [0.29, 0.717) is 12.5 Å². The van der Waals surface area contributed by atoms with Crippen molar-refractivity contribution in [3.8, 4) is 5.75 Å². The first-order valence-corrected chi connectivity index (χ1v) is 7.53. The Balaban J connectivity index is 1.50. The molecule has 0 amide bonds. The van der Waals surface area contributed by atoms with Crippen molar-refractivity contribution in [3.63, 3.8) is 0 Å². The zero-order valence-corrected chi connectivity index (χ0v) is 12.5. The molecule has 0 saturated heterocycles. The van der Waals surface area contributed by atoms with Gasteiger partial charge in [0, 0.05) is 34.3 Å². The molecular weight excluding hydrogens is 276 g/mol. The third-order valence-electron chi connectivity index (χ3n) is 4.03. The molecule has 0 atom stereocenters. The summed E-state index contributed by atoms with van der Waals surface area (Å²) in [6.07, 6.45) is 4.15. The van der Waals surface area contributed by atoms with E-state index in [9.17, 15) is 0 Å². The van der Waals surface area contributed by atoms with E-state index in [0.717, 1.165) is 33.9 Å².